The van der Waals surface area contributed by atoms with Crippen LogP contribution in [0.1, 0.15) is 10.8 Å². The highest BCUT2D eigenvalue weighted by Crippen LogP contribution is 2.20. The van der Waals surface area contributed by atoms with Crippen LogP contribution in [0.2, 0.25) is 0 Å². The topological polar surface area (TPSA) is 77.3 Å². The molecule has 6 nitrogen and oxygen atoms in total. The molecule has 0 bridgehead atoms. The fraction of sp³-hybridized carbons (Fsp3) is 0.0625. The molecule has 0 unspecified atom stereocenters. The molecule has 24 heavy (non-hydrogen) atoms. The van der Waals surface area contributed by atoms with Crippen molar-refractivity contribution in [3.8, 4) is 5.75 Å². The van der Waals surface area contributed by atoms with E-state index in [1.54, 1.807) is 30.3 Å². The SMILES string of the molecule is O=C(/C=C/c1ccco1)Nc1nnc(COc2ccccc2F)s1. The van der Waals surface area contributed by atoms with Gasteiger partial charge in [-0.1, -0.05) is 23.5 Å². The number of carbonyl (C=O) groups is 1. The number of hydrogen-bond donors (Lipinski definition) is 1. The minimum Gasteiger partial charge on any atom is -0.483 e. The van der Waals surface area contributed by atoms with Crippen LogP contribution < -0.4 is 10.1 Å². The number of hydrogen-bond acceptors (Lipinski definition) is 6. The number of benzene rings is 1. The van der Waals surface area contributed by atoms with Gasteiger partial charge in [-0.3, -0.25) is 10.1 Å². The second-order valence-corrected chi connectivity index (χ2v) is 5.62. The summed E-state index contributed by atoms with van der Waals surface area (Å²) in [7, 11) is 0. The maximum atomic E-state index is 13.4. The van der Waals surface area contributed by atoms with Crippen LogP contribution in [0.25, 0.3) is 6.08 Å². The summed E-state index contributed by atoms with van der Waals surface area (Å²) < 4.78 is 23.9. The Morgan fingerprint density at radius 1 is 1.29 bits per heavy atom. The molecule has 0 aliphatic heterocycles. The van der Waals surface area contributed by atoms with Gasteiger partial charge >= 0.3 is 0 Å². The van der Waals surface area contributed by atoms with Gasteiger partial charge < -0.3 is 9.15 Å². The average molecular weight is 345 g/mol. The maximum absolute atomic E-state index is 13.4. The highest BCUT2D eigenvalue weighted by molar-refractivity contribution is 7.15. The van der Waals surface area contributed by atoms with Crippen molar-refractivity contribution in [3.05, 3.63) is 65.3 Å². The first-order chi connectivity index (χ1) is 11.7. The van der Waals surface area contributed by atoms with Crippen molar-refractivity contribution in [2.45, 2.75) is 6.61 Å². The third-order valence-corrected chi connectivity index (χ3v) is 3.64. The number of nitrogens with one attached hydrogen (secondary N) is 1. The number of nitrogens with zero attached hydrogens (tertiary/aromatic N) is 2. The highest BCUT2D eigenvalue weighted by atomic mass is 32.1. The fourth-order valence-corrected chi connectivity index (χ4v) is 2.41. The van der Waals surface area contributed by atoms with Crippen LogP contribution >= 0.6 is 11.3 Å². The zero-order valence-corrected chi connectivity index (χ0v) is 13.1. The Labute approximate surface area is 140 Å². The van der Waals surface area contributed by atoms with Gasteiger partial charge in [0.1, 0.15) is 12.4 Å². The van der Waals surface area contributed by atoms with E-state index in [0.717, 1.165) is 11.3 Å². The quantitative estimate of drug-likeness (QED) is 0.692. The molecule has 3 aromatic rings. The molecule has 0 radical (unpaired) electrons. The van der Waals surface area contributed by atoms with Crippen LogP contribution in [0.5, 0.6) is 5.75 Å². The van der Waals surface area contributed by atoms with Crippen LogP contribution in [0.15, 0.2) is 53.2 Å². The van der Waals surface area contributed by atoms with Gasteiger partial charge in [-0.05, 0) is 30.3 Å². The van der Waals surface area contributed by atoms with Crippen LogP contribution in [0.3, 0.4) is 0 Å². The molecule has 0 spiro atoms. The lowest BCUT2D eigenvalue weighted by Crippen LogP contribution is -2.07. The summed E-state index contributed by atoms with van der Waals surface area (Å²) in [4.78, 5) is 11.8. The van der Waals surface area contributed by atoms with Gasteiger partial charge in [-0.2, -0.15) is 0 Å². The number of para-hydroxylation sites is 1. The molecular formula is C16H12FN3O3S. The van der Waals surface area contributed by atoms with Gasteiger partial charge in [0.05, 0.1) is 6.26 Å². The molecule has 0 aliphatic rings. The lowest BCUT2D eigenvalue weighted by atomic mass is 10.3. The molecule has 2 heterocycles. The van der Waals surface area contributed by atoms with E-state index in [1.165, 1.54) is 24.5 Å². The third-order valence-electron chi connectivity index (χ3n) is 2.83. The van der Waals surface area contributed by atoms with Crippen molar-refractivity contribution in [3.63, 3.8) is 0 Å². The summed E-state index contributed by atoms with van der Waals surface area (Å²) in [5.74, 6) is -0.0937. The van der Waals surface area contributed by atoms with E-state index in [0.29, 0.717) is 15.9 Å². The Kier molecular flexibility index (Phi) is 4.97. The predicted octanol–water partition coefficient (Wildman–Crippen LogP) is 3.50. The second kappa shape index (κ2) is 7.51. The third kappa shape index (κ3) is 4.26. The number of ether oxygens (including phenoxy) is 1. The van der Waals surface area contributed by atoms with Gasteiger partial charge in [-0.25, -0.2) is 4.39 Å². The van der Waals surface area contributed by atoms with Crippen molar-refractivity contribution < 1.29 is 18.3 Å². The molecular weight excluding hydrogens is 333 g/mol. The number of furan rings is 1. The van der Waals surface area contributed by atoms with E-state index in [-0.39, 0.29) is 18.3 Å². The summed E-state index contributed by atoms with van der Waals surface area (Å²) in [6, 6.07) is 9.55. The Morgan fingerprint density at radius 2 is 2.17 bits per heavy atom. The first-order valence-corrected chi connectivity index (χ1v) is 7.74. The van der Waals surface area contributed by atoms with Gasteiger partial charge in [0.25, 0.3) is 0 Å². The summed E-state index contributed by atoms with van der Waals surface area (Å²) in [6.45, 7) is 0.0662. The van der Waals surface area contributed by atoms with Crippen LogP contribution in [0, 0.1) is 5.82 Å². The molecule has 1 amide bonds. The monoisotopic (exact) mass is 345 g/mol. The zero-order chi connectivity index (χ0) is 16.8. The number of halogens is 1. The number of amides is 1. The second-order valence-electron chi connectivity index (χ2n) is 4.56. The molecule has 0 saturated heterocycles. The normalized spacial score (nSPS) is 10.9. The highest BCUT2D eigenvalue weighted by Gasteiger charge is 2.08. The summed E-state index contributed by atoms with van der Waals surface area (Å²) >= 11 is 1.15. The van der Waals surface area contributed by atoms with E-state index in [1.807, 2.05) is 0 Å². The minimum absolute atomic E-state index is 0.0662. The van der Waals surface area contributed by atoms with Crippen molar-refractivity contribution >= 4 is 28.5 Å². The zero-order valence-electron chi connectivity index (χ0n) is 12.3. The number of aromatic nitrogens is 2. The summed E-state index contributed by atoms with van der Waals surface area (Å²) in [5.41, 5.74) is 0. The van der Waals surface area contributed by atoms with E-state index in [9.17, 15) is 9.18 Å². The van der Waals surface area contributed by atoms with Crippen molar-refractivity contribution in [2.75, 3.05) is 5.32 Å². The molecule has 1 N–H and O–H groups in total. The molecule has 2 aromatic heterocycles. The first kappa shape index (κ1) is 15.9. The molecule has 8 heteroatoms. The molecule has 0 aliphatic carbocycles. The van der Waals surface area contributed by atoms with Crippen molar-refractivity contribution in [1.29, 1.82) is 0 Å². The molecule has 0 fully saturated rings. The number of anilines is 1. The van der Waals surface area contributed by atoms with E-state index in [2.05, 4.69) is 15.5 Å². The van der Waals surface area contributed by atoms with Gasteiger partial charge in [-0.15, -0.1) is 10.2 Å². The van der Waals surface area contributed by atoms with Gasteiger partial charge in [0.2, 0.25) is 11.0 Å². The van der Waals surface area contributed by atoms with Crippen molar-refractivity contribution in [1.82, 2.24) is 10.2 Å². The maximum Gasteiger partial charge on any atom is 0.250 e. The largest absolute Gasteiger partial charge is 0.483 e. The Bertz CT molecular complexity index is 846. The predicted molar refractivity (Wildman–Crippen MR) is 87.0 cm³/mol. The fourth-order valence-electron chi connectivity index (χ4n) is 1.75. The Balaban J connectivity index is 1.53. The van der Waals surface area contributed by atoms with E-state index >= 15 is 0 Å². The molecule has 3 rings (SSSR count). The Morgan fingerprint density at radius 3 is 2.96 bits per heavy atom. The molecule has 122 valence electrons. The van der Waals surface area contributed by atoms with E-state index < -0.39 is 5.82 Å². The number of carbonyl (C=O) groups excluding carboxylic acids is 1. The Hall–Kier alpha value is -3.00. The van der Waals surface area contributed by atoms with Crippen LogP contribution in [-0.4, -0.2) is 16.1 Å². The smallest absolute Gasteiger partial charge is 0.250 e. The summed E-state index contributed by atoms with van der Waals surface area (Å²) in [6.07, 6.45) is 4.39. The lowest BCUT2D eigenvalue weighted by molar-refractivity contribution is -0.111. The molecule has 1 aromatic carbocycles. The molecule has 0 saturated carbocycles. The van der Waals surface area contributed by atoms with Crippen molar-refractivity contribution in [2.24, 2.45) is 0 Å². The summed E-state index contributed by atoms with van der Waals surface area (Å²) in [5, 5.41) is 11.2. The van der Waals surface area contributed by atoms with Crippen LogP contribution in [-0.2, 0) is 11.4 Å². The van der Waals surface area contributed by atoms with Gasteiger partial charge in [0, 0.05) is 6.08 Å². The average Bonchev–Trinajstić information content (AvgIpc) is 3.24. The minimum atomic E-state index is -0.446. The number of rotatable bonds is 6. The standard InChI is InChI=1S/C16H12FN3O3S/c17-12-5-1-2-6-13(12)23-10-15-19-20-16(24-15)18-14(21)8-7-11-4-3-9-22-11/h1-9H,10H2,(H,18,20,21)/b8-7+. The molecule has 0 atom stereocenters. The van der Waals surface area contributed by atoms with Gasteiger partial charge in [0.15, 0.2) is 16.6 Å². The lowest BCUT2D eigenvalue weighted by Gasteiger charge is -2.03. The first-order valence-electron chi connectivity index (χ1n) is 6.93. The van der Waals surface area contributed by atoms with E-state index in [4.69, 9.17) is 9.15 Å². The van der Waals surface area contributed by atoms with Crippen LogP contribution in [0.4, 0.5) is 9.52 Å².